The second kappa shape index (κ2) is 7.24. The first-order chi connectivity index (χ1) is 16.9. The Hall–Kier alpha value is -3.03. The number of ether oxygens (including phenoxy) is 1. The van der Waals surface area contributed by atoms with Gasteiger partial charge in [-0.2, -0.15) is 0 Å². The van der Waals surface area contributed by atoms with Crippen LogP contribution in [0.4, 0.5) is 0 Å². The van der Waals surface area contributed by atoms with Crippen LogP contribution >= 0.6 is 0 Å². The molecule has 0 unspecified atom stereocenters. The van der Waals surface area contributed by atoms with Crippen LogP contribution in [0, 0.1) is 5.92 Å². The molecule has 7 rings (SSSR count). The number of likely N-dealkylation sites (N-methyl/N-ethyl adjacent to an activating group) is 1. The summed E-state index contributed by atoms with van der Waals surface area (Å²) in [6.45, 7) is 1.89. The highest BCUT2D eigenvalue weighted by Gasteiger charge is 2.72. The fourth-order valence-corrected chi connectivity index (χ4v) is 7.15. The molecule has 2 aliphatic heterocycles. The van der Waals surface area contributed by atoms with Gasteiger partial charge in [0.1, 0.15) is 11.7 Å². The maximum absolute atomic E-state index is 13.2. The van der Waals surface area contributed by atoms with Crippen molar-refractivity contribution < 1.29 is 24.2 Å². The summed E-state index contributed by atoms with van der Waals surface area (Å²) in [5, 5.41) is 23.2. The fraction of sp³-hybridized carbons (Fsp3) is 0.464. The Morgan fingerprint density at radius 2 is 2.17 bits per heavy atom. The lowest BCUT2D eigenvalue weighted by atomic mass is 9.50. The number of aliphatic hydroxyl groups is 1. The van der Waals surface area contributed by atoms with Gasteiger partial charge in [0, 0.05) is 36.8 Å². The van der Waals surface area contributed by atoms with Gasteiger partial charge in [0.15, 0.2) is 11.5 Å². The summed E-state index contributed by atoms with van der Waals surface area (Å²) >= 11 is 0. The van der Waals surface area contributed by atoms with Crippen LogP contribution < -0.4 is 4.74 Å². The first-order valence-electron chi connectivity index (χ1n) is 12.6. The number of amides is 1. The number of carbonyl (C=O) groups excluding carboxylic acids is 1. The molecule has 1 saturated heterocycles. The van der Waals surface area contributed by atoms with Crippen molar-refractivity contribution >= 4 is 12.0 Å². The van der Waals surface area contributed by atoms with E-state index in [0.717, 1.165) is 42.1 Å². The average molecular weight is 475 g/mol. The molecule has 5 atom stereocenters. The minimum atomic E-state index is -1.12. The summed E-state index contributed by atoms with van der Waals surface area (Å²) < 4.78 is 11.6. The van der Waals surface area contributed by atoms with Crippen LogP contribution in [0.3, 0.4) is 0 Å². The van der Waals surface area contributed by atoms with E-state index in [1.807, 2.05) is 18.2 Å². The van der Waals surface area contributed by atoms with Crippen LogP contribution in [-0.2, 0) is 16.6 Å². The van der Waals surface area contributed by atoms with Crippen LogP contribution in [0.2, 0.25) is 0 Å². The zero-order valence-corrected chi connectivity index (χ0v) is 19.8. The number of furan rings is 1. The Bertz CT molecular complexity index is 1250. The number of benzene rings is 1. The molecule has 7 heteroatoms. The molecule has 3 heterocycles. The molecule has 2 N–H and O–H groups in total. The van der Waals surface area contributed by atoms with Crippen molar-refractivity contribution in [3.8, 4) is 11.5 Å². The maximum Gasteiger partial charge on any atom is 0.246 e. The molecule has 2 fully saturated rings. The molecule has 7 nitrogen and oxygen atoms in total. The van der Waals surface area contributed by atoms with E-state index in [4.69, 9.17) is 9.15 Å². The van der Waals surface area contributed by atoms with Crippen LogP contribution in [0.25, 0.3) is 6.08 Å². The summed E-state index contributed by atoms with van der Waals surface area (Å²) in [5.41, 5.74) is 1.07. The molecule has 1 amide bonds. The van der Waals surface area contributed by atoms with E-state index in [9.17, 15) is 15.0 Å². The van der Waals surface area contributed by atoms with Gasteiger partial charge >= 0.3 is 0 Å². The number of phenols is 1. The summed E-state index contributed by atoms with van der Waals surface area (Å²) in [6, 6.07) is 5.06. The number of nitrogens with zero attached hydrogens (tertiary/aromatic N) is 2. The number of piperidine rings is 1. The van der Waals surface area contributed by atoms with Gasteiger partial charge < -0.3 is 24.3 Å². The zero-order valence-electron chi connectivity index (χ0n) is 19.8. The van der Waals surface area contributed by atoms with Gasteiger partial charge in [-0.15, -0.1) is 0 Å². The molecule has 1 aromatic heterocycles. The van der Waals surface area contributed by atoms with Crippen molar-refractivity contribution in [1.29, 1.82) is 0 Å². The van der Waals surface area contributed by atoms with E-state index >= 15 is 0 Å². The zero-order chi connectivity index (χ0) is 23.9. The monoisotopic (exact) mass is 474 g/mol. The Balaban J connectivity index is 1.30. The Kier molecular flexibility index (Phi) is 4.40. The number of carbonyl (C=O) groups is 1. The van der Waals surface area contributed by atoms with E-state index in [2.05, 4.69) is 4.90 Å². The Morgan fingerprint density at radius 1 is 1.31 bits per heavy atom. The van der Waals surface area contributed by atoms with Gasteiger partial charge in [0.05, 0.1) is 24.0 Å². The van der Waals surface area contributed by atoms with Crippen molar-refractivity contribution in [3.63, 3.8) is 0 Å². The van der Waals surface area contributed by atoms with Gasteiger partial charge in [0.25, 0.3) is 0 Å². The van der Waals surface area contributed by atoms with E-state index in [0.29, 0.717) is 12.2 Å². The number of aromatic hydroxyl groups is 1. The van der Waals surface area contributed by atoms with Crippen molar-refractivity contribution in [2.24, 2.45) is 5.92 Å². The second-order valence-electron chi connectivity index (χ2n) is 10.9. The van der Waals surface area contributed by atoms with Crippen LogP contribution in [0.1, 0.15) is 36.0 Å². The van der Waals surface area contributed by atoms with Gasteiger partial charge in [0.2, 0.25) is 5.91 Å². The molecule has 35 heavy (non-hydrogen) atoms. The number of hydrogen-bond acceptors (Lipinski definition) is 6. The molecule has 5 aliphatic rings. The summed E-state index contributed by atoms with van der Waals surface area (Å²) in [4.78, 5) is 17.3. The molecule has 182 valence electrons. The summed E-state index contributed by atoms with van der Waals surface area (Å²) in [6.07, 6.45) is 13.8. The third-order valence-electron chi connectivity index (χ3n) is 9.07. The van der Waals surface area contributed by atoms with Crippen molar-refractivity contribution in [1.82, 2.24) is 9.80 Å². The molecule has 1 spiro atoms. The second-order valence-corrected chi connectivity index (χ2v) is 10.9. The number of likely N-dealkylation sites (tertiary alicyclic amines) is 1. The Morgan fingerprint density at radius 3 is 2.94 bits per heavy atom. The number of phenolic OH excluding ortho intramolecular Hbond substituents is 1. The smallest absolute Gasteiger partial charge is 0.246 e. The van der Waals surface area contributed by atoms with Gasteiger partial charge in [-0.1, -0.05) is 18.2 Å². The molecular formula is C28H30N2O5. The van der Waals surface area contributed by atoms with Crippen molar-refractivity contribution in [3.05, 3.63) is 65.6 Å². The maximum atomic E-state index is 13.2. The highest BCUT2D eigenvalue weighted by Crippen LogP contribution is 2.64. The van der Waals surface area contributed by atoms with Crippen LogP contribution in [-0.4, -0.2) is 69.8 Å². The van der Waals surface area contributed by atoms with Crippen molar-refractivity contribution in [2.75, 3.05) is 20.1 Å². The minimum Gasteiger partial charge on any atom is -0.504 e. The molecule has 2 aromatic rings. The standard InChI is InChI=1S/C28H30N2O5/c1-29(23(32)7-4-18-9-13-34-16-18)20-8-10-28(33)22-14-19-5-6-21(31)25-24(19)27(28,26(20)35-25)11-12-30(22)15-17-2-3-17/h4-10,13,16-17,20,22,26,31,33H,2-3,11-12,14-15H2,1H3/b7-4+/t20-,22-,26+,27+,28-/m1/s1. The first-order valence-corrected chi connectivity index (χ1v) is 12.6. The quantitative estimate of drug-likeness (QED) is 0.512. The van der Waals surface area contributed by atoms with E-state index in [1.54, 1.807) is 42.7 Å². The van der Waals surface area contributed by atoms with E-state index < -0.39 is 17.1 Å². The molecule has 3 aliphatic carbocycles. The van der Waals surface area contributed by atoms with Gasteiger partial charge in [-0.05, 0) is 61.9 Å². The highest BCUT2D eigenvalue weighted by atomic mass is 16.5. The largest absolute Gasteiger partial charge is 0.504 e. The lowest BCUT2D eigenvalue weighted by molar-refractivity contribution is -0.154. The highest BCUT2D eigenvalue weighted by molar-refractivity contribution is 5.92. The SMILES string of the molecule is CN(C(=O)/C=C/c1ccoc1)[C@@H]1C=C[C@@]2(O)[C@H]3Cc4ccc(O)c5c4[C@@]2(CCN3CC2CC2)[C@H]1O5. The third kappa shape index (κ3) is 2.82. The molecule has 0 radical (unpaired) electrons. The molecule has 1 aromatic carbocycles. The van der Waals surface area contributed by atoms with Gasteiger partial charge in [-0.3, -0.25) is 9.69 Å². The van der Waals surface area contributed by atoms with Crippen LogP contribution in [0.15, 0.2) is 53.4 Å². The summed E-state index contributed by atoms with van der Waals surface area (Å²) in [5.74, 6) is 1.14. The number of rotatable bonds is 5. The van der Waals surface area contributed by atoms with E-state index in [1.165, 1.54) is 18.9 Å². The van der Waals surface area contributed by atoms with Crippen molar-refractivity contribution in [2.45, 2.75) is 54.9 Å². The predicted octanol–water partition coefficient (Wildman–Crippen LogP) is 2.87. The molecule has 2 bridgehead atoms. The first kappa shape index (κ1) is 21.3. The lowest BCUT2D eigenvalue weighted by Crippen LogP contribution is -2.76. The molecular weight excluding hydrogens is 444 g/mol. The Labute approximate surface area is 204 Å². The minimum absolute atomic E-state index is 0.0508. The van der Waals surface area contributed by atoms with E-state index in [-0.39, 0.29) is 23.7 Å². The van der Waals surface area contributed by atoms with Crippen LogP contribution in [0.5, 0.6) is 11.5 Å². The third-order valence-corrected chi connectivity index (χ3v) is 9.07. The predicted molar refractivity (Wildman–Crippen MR) is 129 cm³/mol. The topological polar surface area (TPSA) is 86.4 Å². The fourth-order valence-electron chi connectivity index (χ4n) is 7.15. The average Bonchev–Trinajstić information content (AvgIpc) is 3.36. The van der Waals surface area contributed by atoms with Gasteiger partial charge in [-0.25, -0.2) is 0 Å². The molecule has 1 saturated carbocycles. The number of hydrogen-bond donors (Lipinski definition) is 2. The summed E-state index contributed by atoms with van der Waals surface area (Å²) in [7, 11) is 1.77. The normalized spacial score (nSPS) is 34.6. The lowest BCUT2D eigenvalue weighted by Gasteiger charge is -2.62.